The quantitative estimate of drug-likeness (QED) is 0.187. The van der Waals surface area contributed by atoms with Crippen molar-refractivity contribution >= 4 is 33.5 Å². The molecule has 3 aromatic carbocycles. The Labute approximate surface area is 219 Å². The van der Waals surface area contributed by atoms with E-state index in [0.29, 0.717) is 22.8 Å². The molecular formula is C27H24N4O6S. The van der Waals surface area contributed by atoms with E-state index in [1.165, 1.54) is 30.5 Å². The summed E-state index contributed by atoms with van der Waals surface area (Å²) in [6, 6.07) is 22.4. The number of rotatable bonds is 9. The molecule has 0 unspecified atom stereocenters. The van der Waals surface area contributed by atoms with Gasteiger partial charge in [0.05, 0.1) is 21.7 Å². The number of non-ortho nitro benzene ring substituents is 1. The predicted octanol–water partition coefficient (Wildman–Crippen LogP) is 4.82. The summed E-state index contributed by atoms with van der Waals surface area (Å²) < 4.78 is 33.6. The topological polar surface area (TPSA) is 135 Å². The average molecular weight is 533 g/mol. The second kappa shape index (κ2) is 11.1. The van der Waals surface area contributed by atoms with Crippen LogP contribution in [0.1, 0.15) is 16.9 Å². The van der Waals surface area contributed by atoms with Gasteiger partial charge < -0.3 is 4.42 Å². The molecule has 1 heterocycles. The van der Waals surface area contributed by atoms with Gasteiger partial charge in [0.15, 0.2) is 0 Å². The van der Waals surface area contributed by atoms with Crippen molar-refractivity contribution < 1.29 is 22.6 Å². The zero-order valence-corrected chi connectivity index (χ0v) is 21.4. The first kappa shape index (κ1) is 26.3. The molecule has 10 nitrogen and oxygen atoms in total. The number of hydrogen-bond acceptors (Lipinski definition) is 7. The van der Waals surface area contributed by atoms with Crippen LogP contribution in [-0.2, 0) is 14.8 Å². The molecule has 0 aliphatic heterocycles. The van der Waals surface area contributed by atoms with Gasteiger partial charge in [0.25, 0.3) is 21.6 Å². The molecule has 0 aliphatic carbocycles. The molecule has 0 bridgehead atoms. The first-order valence-corrected chi connectivity index (χ1v) is 12.9. The highest BCUT2D eigenvalue weighted by molar-refractivity contribution is 7.92. The fraction of sp³-hybridized carbons (Fsp3) is 0.111. The Morgan fingerprint density at radius 1 is 1.00 bits per heavy atom. The van der Waals surface area contributed by atoms with Crippen LogP contribution in [0.4, 0.5) is 11.4 Å². The van der Waals surface area contributed by atoms with Crippen LogP contribution in [0.2, 0.25) is 0 Å². The number of nitro benzene ring substituents is 1. The molecule has 194 valence electrons. The summed E-state index contributed by atoms with van der Waals surface area (Å²) >= 11 is 0. The summed E-state index contributed by atoms with van der Waals surface area (Å²) in [5.41, 5.74) is 5.04. The number of nitro groups is 1. The molecule has 38 heavy (non-hydrogen) atoms. The molecule has 1 amide bonds. The molecule has 1 N–H and O–H groups in total. The second-order valence-corrected chi connectivity index (χ2v) is 10.3. The maximum Gasteiger partial charge on any atom is 0.269 e. The number of benzene rings is 3. The van der Waals surface area contributed by atoms with Crippen LogP contribution in [0.3, 0.4) is 0 Å². The van der Waals surface area contributed by atoms with E-state index in [4.69, 9.17) is 4.42 Å². The van der Waals surface area contributed by atoms with Gasteiger partial charge >= 0.3 is 0 Å². The number of hydrazone groups is 1. The van der Waals surface area contributed by atoms with E-state index in [1.54, 1.807) is 54.6 Å². The zero-order chi connectivity index (χ0) is 27.3. The Kier molecular flexibility index (Phi) is 7.68. The summed E-state index contributed by atoms with van der Waals surface area (Å²) in [5.74, 6) is 0.129. The van der Waals surface area contributed by atoms with E-state index in [1.807, 2.05) is 19.9 Å². The minimum atomic E-state index is -4.04. The number of aryl methyl sites for hydroxylation is 2. The molecule has 11 heteroatoms. The van der Waals surface area contributed by atoms with Crippen LogP contribution in [0, 0.1) is 24.0 Å². The van der Waals surface area contributed by atoms with Crippen molar-refractivity contribution in [3.05, 3.63) is 112 Å². The summed E-state index contributed by atoms with van der Waals surface area (Å²) in [4.78, 5) is 23.1. The molecule has 0 fully saturated rings. The van der Waals surface area contributed by atoms with Gasteiger partial charge in [-0.15, -0.1) is 0 Å². The van der Waals surface area contributed by atoms with Gasteiger partial charge in [-0.2, -0.15) is 5.10 Å². The molecule has 0 atom stereocenters. The lowest BCUT2D eigenvalue weighted by atomic mass is 10.1. The number of sulfonamides is 1. The maximum absolute atomic E-state index is 13.4. The Hall–Kier alpha value is -4.77. The molecule has 0 saturated carbocycles. The van der Waals surface area contributed by atoms with Crippen LogP contribution in [-0.4, -0.2) is 32.0 Å². The predicted molar refractivity (Wildman–Crippen MR) is 143 cm³/mol. The van der Waals surface area contributed by atoms with Crippen LogP contribution in [0.15, 0.2) is 99.3 Å². The summed E-state index contributed by atoms with van der Waals surface area (Å²) in [7, 11) is -4.04. The normalized spacial score (nSPS) is 11.4. The molecule has 0 radical (unpaired) electrons. The minimum absolute atomic E-state index is 0.0334. The number of furan rings is 1. The molecule has 0 saturated heterocycles. The number of hydrogen-bond donors (Lipinski definition) is 1. The van der Waals surface area contributed by atoms with E-state index in [9.17, 15) is 23.3 Å². The van der Waals surface area contributed by atoms with E-state index in [-0.39, 0.29) is 10.6 Å². The van der Waals surface area contributed by atoms with Crippen molar-refractivity contribution in [1.29, 1.82) is 0 Å². The number of nitrogens with zero attached hydrogens (tertiary/aromatic N) is 3. The van der Waals surface area contributed by atoms with Gasteiger partial charge in [0.1, 0.15) is 18.1 Å². The number of anilines is 1. The third-order valence-corrected chi connectivity index (χ3v) is 7.34. The maximum atomic E-state index is 13.4. The molecule has 1 aromatic heterocycles. The largest absolute Gasteiger partial charge is 0.455 e. The van der Waals surface area contributed by atoms with Gasteiger partial charge in [-0.05, 0) is 67.9 Å². The van der Waals surface area contributed by atoms with Crippen LogP contribution >= 0.6 is 0 Å². The lowest BCUT2D eigenvalue weighted by Crippen LogP contribution is -2.39. The van der Waals surface area contributed by atoms with Crippen LogP contribution in [0.25, 0.3) is 11.3 Å². The van der Waals surface area contributed by atoms with Crippen LogP contribution < -0.4 is 9.73 Å². The number of carbonyl (C=O) groups is 1. The molecule has 4 aromatic rings. The Balaban J connectivity index is 1.48. The average Bonchev–Trinajstić information content (AvgIpc) is 3.36. The standard InChI is InChI=1S/C27H24N4O6S/c1-19-6-13-25(14-7-19)38(35,36)30(23-5-3-4-20(2)16-23)18-27(32)29-28-17-24-12-15-26(37-24)21-8-10-22(11-9-21)31(33)34/h3-17H,18H2,1-2H3,(H,29,32)/b28-17+. The molecule has 0 spiro atoms. The van der Waals surface area contributed by atoms with E-state index < -0.39 is 27.4 Å². The minimum Gasteiger partial charge on any atom is -0.455 e. The van der Waals surface area contributed by atoms with Crippen molar-refractivity contribution in [3.63, 3.8) is 0 Å². The lowest BCUT2D eigenvalue weighted by Gasteiger charge is -2.24. The smallest absolute Gasteiger partial charge is 0.269 e. The van der Waals surface area contributed by atoms with Crippen molar-refractivity contribution in [1.82, 2.24) is 5.43 Å². The van der Waals surface area contributed by atoms with Gasteiger partial charge in [0.2, 0.25) is 0 Å². The van der Waals surface area contributed by atoms with Crippen molar-refractivity contribution in [3.8, 4) is 11.3 Å². The Bertz CT molecular complexity index is 1590. The van der Waals surface area contributed by atoms with Crippen LogP contribution in [0.5, 0.6) is 0 Å². The van der Waals surface area contributed by atoms with Crippen molar-refractivity contribution in [2.24, 2.45) is 5.10 Å². The van der Waals surface area contributed by atoms with Crippen molar-refractivity contribution in [2.75, 3.05) is 10.8 Å². The monoisotopic (exact) mass is 532 g/mol. The number of nitrogens with one attached hydrogen (secondary N) is 1. The molecule has 0 aliphatic rings. The Morgan fingerprint density at radius 2 is 1.71 bits per heavy atom. The van der Waals surface area contributed by atoms with Gasteiger partial charge in [-0.1, -0.05) is 29.8 Å². The summed E-state index contributed by atoms with van der Waals surface area (Å²) in [6.07, 6.45) is 1.28. The van der Waals surface area contributed by atoms with Gasteiger partial charge in [-0.25, -0.2) is 13.8 Å². The molecular weight excluding hydrogens is 508 g/mol. The highest BCUT2D eigenvalue weighted by Gasteiger charge is 2.27. The van der Waals surface area contributed by atoms with Gasteiger partial charge in [0, 0.05) is 17.7 Å². The number of carbonyl (C=O) groups excluding carboxylic acids is 1. The first-order valence-electron chi connectivity index (χ1n) is 11.5. The first-order chi connectivity index (χ1) is 18.1. The van der Waals surface area contributed by atoms with Crippen molar-refractivity contribution in [2.45, 2.75) is 18.7 Å². The fourth-order valence-corrected chi connectivity index (χ4v) is 5.01. The fourth-order valence-electron chi connectivity index (χ4n) is 3.59. The molecule has 4 rings (SSSR count). The van der Waals surface area contributed by atoms with E-state index in [0.717, 1.165) is 15.4 Å². The van der Waals surface area contributed by atoms with E-state index >= 15 is 0 Å². The third kappa shape index (κ3) is 6.13. The van der Waals surface area contributed by atoms with Gasteiger partial charge in [-0.3, -0.25) is 19.2 Å². The third-order valence-electron chi connectivity index (χ3n) is 5.56. The Morgan fingerprint density at radius 3 is 2.37 bits per heavy atom. The summed E-state index contributed by atoms with van der Waals surface area (Å²) in [6.45, 7) is 3.19. The lowest BCUT2D eigenvalue weighted by molar-refractivity contribution is -0.384. The summed E-state index contributed by atoms with van der Waals surface area (Å²) in [5, 5.41) is 14.7. The zero-order valence-electron chi connectivity index (χ0n) is 20.6. The van der Waals surface area contributed by atoms with E-state index in [2.05, 4.69) is 10.5 Å². The number of amides is 1. The highest BCUT2D eigenvalue weighted by Crippen LogP contribution is 2.25. The second-order valence-electron chi connectivity index (χ2n) is 8.46. The highest BCUT2D eigenvalue weighted by atomic mass is 32.2. The SMILES string of the molecule is Cc1ccc(S(=O)(=O)N(CC(=O)N/N=C/c2ccc(-c3ccc([N+](=O)[O-])cc3)o2)c2cccc(C)c2)cc1.